The third-order valence-corrected chi connectivity index (χ3v) is 3.77. The fourth-order valence-corrected chi connectivity index (χ4v) is 2.46. The summed E-state index contributed by atoms with van der Waals surface area (Å²) in [4.78, 5) is 10.7. The second-order valence-corrected chi connectivity index (χ2v) is 5.31. The minimum absolute atomic E-state index is 0.442. The first-order valence-corrected chi connectivity index (χ1v) is 7.19. The monoisotopic (exact) mass is 260 g/mol. The van der Waals surface area contributed by atoms with Crippen molar-refractivity contribution in [1.29, 1.82) is 0 Å². The fraction of sp³-hybridized carbons (Fsp3) is 0.600. The average molecular weight is 260 g/mol. The zero-order valence-corrected chi connectivity index (χ0v) is 11.8. The molecule has 104 valence electrons. The summed E-state index contributed by atoms with van der Waals surface area (Å²) in [5.74, 6) is 0.681. The van der Waals surface area contributed by atoms with Crippen LogP contribution in [0.15, 0.2) is 29.5 Å². The molecule has 0 aromatic carbocycles. The van der Waals surface area contributed by atoms with E-state index >= 15 is 0 Å². The summed E-state index contributed by atoms with van der Waals surface area (Å²) in [6, 6.07) is 4.53. The van der Waals surface area contributed by atoms with E-state index in [1.54, 1.807) is 0 Å². The zero-order chi connectivity index (χ0) is 13.5. The first kappa shape index (κ1) is 13.8. The molecule has 0 bridgehead atoms. The standard InChI is InChI=1S/C15H24N4/c1-19(12-9-13-7-10-17-11-8-13)15(16)18-14-5-3-2-4-6-14/h7-8,10-11,14H,2-6,9,12H2,1H3,(H2,16,18). The number of aromatic nitrogens is 1. The molecule has 1 heterocycles. The van der Waals surface area contributed by atoms with Gasteiger partial charge in [0.05, 0.1) is 6.04 Å². The van der Waals surface area contributed by atoms with Gasteiger partial charge in [-0.3, -0.25) is 4.98 Å². The number of likely N-dealkylation sites (N-methyl/N-ethyl adjacent to an activating group) is 1. The number of pyridine rings is 1. The first-order chi connectivity index (χ1) is 9.25. The molecule has 0 radical (unpaired) electrons. The van der Waals surface area contributed by atoms with Gasteiger partial charge in [0.25, 0.3) is 0 Å². The normalized spacial score (nSPS) is 17.4. The van der Waals surface area contributed by atoms with Gasteiger partial charge in [0.1, 0.15) is 0 Å². The number of guanidine groups is 1. The van der Waals surface area contributed by atoms with Gasteiger partial charge in [-0.05, 0) is 37.0 Å². The Balaban J connectivity index is 1.81. The molecule has 0 unspecified atom stereocenters. The molecule has 4 nitrogen and oxygen atoms in total. The number of hydrogen-bond donors (Lipinski definition) is 1. The summed E-state index contributed by atoms with van der Waals surface area (Å²) in [5.41, 5.74) is 7.36. The van der Waals surface area contributed by atoms with Crippen molar-refractivity contribution in [3.05, 3.63) is 30.1 Å². The molecular weight excluding hydrogens is 236 g/mol. The van der Waals surface area contributed by atoms with Gasteiger partial charge in [-0.1, -0.05) is 19.3 Å². The van der Waals surface area contributed by atoms with Crippen molar-refractivity contribution in [2.24, 2.45) is 10.7 Å². The maximum absolute atomic E-state index is 6.08. The smallest absolute Gasteiger partial charge is 0.191 e. The first-order valence-electron chi connectivity index (χ1n) is 7.19. The molecule has 0 aliphatic heterocycles. The van der Waals surface area contributed by atoms with E-state index in [2.05, 4.69) is 14.9 Å². The number of aliphatic imine (C=N–C) groups is 1. The van der Waals surface area contributed by atoms with Gasteiger partial charge in [0.15, 0.2) is 5.96 Å². The Bertz CT molecular complexity index is 396. The van der Waals surface area contributed by atoms with E-state index in [9.17, 15) is 0 Å². The molecule has 0 spiro atoms. The van der Waals surface area contributed by atoms with E-state index in [-0.39, 0.29) is 0 Å². The van der Waals surface area contributed by atoms with E-state index in [0.717, 1.165) is 13.0 Å². The van der Waals surface area contributed by atoms with Crippen LogP contribution in [0.3, 0.4) is 0 Å². The fourth-order valence-electron chi connectivity index (χ4n) is 2.46. The molecule has 1 aliphatic rings. The van der Waals surface area contributed by atoms with Crippen LogP contribution in [0.2, 0.25) is 0 Å². The van der Waals surface area contributed by atoms with Crippen LogP contribution in [0.5, 0.6) is 0 Å². The second-order valence-electron chi connectivity index (χ2n) is 5.31. The highest BCUT2D eigenvalue weighted by Crippen LogP contribution is 2.20. The number of rotatable bonds is 4. The highest BCUT2D eigenvalue weighted by Gasteiger charge is 2.13. The molecular formula is C15H24N4. The Morgan fingerprint density at radius 2 is 2.00 bits per heavy atom. The van der Waals surface area contributed by atoms with Crippen molar-refractivity contribution < 1.29 is 0 Å². The third-order valence-electron chi connectivity index (χ3n) is 3.77. The Kier molecular flexibility index (Phi) is 5.19. The Labute approximate surface area is 115 Å². The molecule has 19 heavy (non-hydrogen) atoms. The molecule has 0 atom stereocenters. The van der Waals surface area contributed by atoms with Crippen LogP contribution in [0.4, 0.5) is 0 Å². The lowest BCUT2D eigenvalue weighted by atomic mass is 9.96. The maximum atomic E-state index is 6.08. The molecule has 2 N–H and O–H groups in total. The van der Waals surface area contributed by atoms with E-state index < -0.39 is 0 Å². The molecule has 1 aliphatic carbocycles. The van der Waals surface area contributed by atoms with Crippen LogP contribution in [0.1, 0.15) is 37.7 Å². The van der Waals surface area contributed by atoms with E-state index in [4.69, 9.17) is 5.73 Å². The van der Waals surface area contributed by atoms with Crippen molar-refractivity contribution in [1.82, 2.24) is 9.88 Å². The summed E-state index contributed by atoms with van der Waals surface area (Å²) < 4.78 is 0. The van der Waals surface area contributed by atoms with Gasteiger partial charge in [-0.15, -0.1) is 0 Å². The maximum Gasteiger partial charge on any atom is 0.191 e. The van der Waals surface area contributed by atoms with Gasteiger partial charge in [0.2, 0.25) is 0 Å². The minimum atomic E-state index is 0.442. The van der Waals surface area contributed by atoms with E-state index in [1.807, 2.05) is 31.6 Å². The van der Waals surface area contributed by atoms with Gasteiger partial charge in [0, 0.05) is 26.0 Å². The summed E-state index contributed by atoms with van der Waals surface area (Å²) in [7, 11) is 2.02. The van der Waals surface area contributed by atoms with Crippen molar-refractivity contribution in [3.63, 3.8) is 0 Å². The van der Waals surface area contributed by atoms with Gasteiger partial charge in [-0.25, -0.2) is 4.99 Å². The molecule has 1 fully saturated rings. The van der Waals surface area contributed by atoms with Gasteiger partial charge < -0.3 is 10.6 Å². The molecule has 2 rings (SSSR count). The Hall–Kier alpha value is -1.58. The molecule has 1 saturated carbocycles. The van der Waals surface area contributed by atoms with Crippen LogP contribution in [-0.2, 0) is 6.42 Å². The summed E-state index contributed by atoms with van der Waals surface area (Å²) >= 11 is 0. The number of hydrogen-bond acceptors (Lipinski definition) is 2. The third kappa shape index (κ3) is 4.54. The van der Waals surface area contributed by atoms with Crippen LogP contribution >= 0.6 is 0 Å². The summed E-state index contributed by atoms with van der Waals surface area (Å²) in [5, 5.41) is 0. The van der Waals surface area contributed by atoms with Crippen molar-refractivity contribution in [2.75, 3.05) is 13.6 Å². The molecule has 0 amide bonds. The van der Waals surface area contributed by atoms with E-state index in [1.165, 1.54) is 37.7 Å². The molecule has 0 saturated heterocycles. The van der Waals surface area contributed by atoms with Gasteiger partial charge in [-0.2, -0.15) is 0 Å². The van der Waals surface area contributed by atoms with Crippen LogP contribution in [0, 0.1) is 0 Å². The quantitative estimate of drug-likeness (QED) is 0.667. The van der Waals surface area contributed by atoms with Crippen LogP contribution in [-0.4, -0.2) is 35.5 Å². The van der Waals surface area contributed by atoms with Gasteiger partial charge >= 0.3 is 0 Å². The predicted octanol–water partition coefficient (Wildman–Crippen LogP) is 2.20. The largest absolute Gasteiger partial charge is 0.370 e. The lowest BCUT2D eigenvalue weighted by molar-refractivity contribution is 0.430. The van der Waals surface area contributed by atoms with Crippen molar-refractivity contribution in [2.45, 2.75) is 44.6 Å². The summed E-state index contributed by atoms with van der Waals surface area (Å²) in [6.07, 6.45) is 11.0. The zero-order valence-electron chi connectivity index (χ0n) is 11.8. The average Bonchev–Trinajstić information content (AvgIpc) is 2.47. The van der Waals surface area contributed by atoms with Crippen LogP contribution in [0.25, 0.3) is 0 Å². The topological polar surface area (TPSA) is 54.5 Å². The van der Waals surface area contributed by atoms with Crippen molar-refractivity contribution >= 4 is 5.96 Å². The minimum Gasteiger partial charge on any atom is -0.370 e. The lowest BCUT2D eigenvalue weighted by Crippen LogP contribution is -2.36. The molecule has 1 aromatic heterocycles. The van der Waals surface area contributed by atoms with Crippen LogP contribution < -0.4 is 5.73 Å². The predicted molar refractivity (Wildman–Crippen MR) is 79.1 cm³/mol. The highest BCUT2D eigenvalue weighted by atomic mass is 15.2. The molecule has 4 heteroatoms. The molecule has 1 aromatic rings. The second kappa shape index (κ2) is 7.12. The Morgan fingerprint density at radius 3 is 2.68 bits per heavy atom. The number of nitrogens with zero attached hydrogens (tertiary/aromatic N) is 3. The summed E-state index contributed by atoms with van der Waals surface area (Å²) in [6.45, 7) is 0.895. The SMILES string of the molecule is CN(CCc1ccncc1)C(N)=NC1CCCCC1. The Morgan fingerprint density at radius 1 is 1.32 bits per heavy atom. The lowest BCUT2D eigenvalue weighted by Gasteiger charge is -2.22. The highest BCUT2D eigenvalue weighted by molar-refractivity contribution is 5.78. The van der Waals surface area contributed by atoms with E-state index in [0.29, 0.717) is 12.0 Å². The van der Waals surface area contributed by atoms with Crippen molar-refractivity contribution in [3.8, 4) is 0 Å². The number of nitrogens with two attached hydrogens (primary N) is 1.